The van der Waals surface area contributed by atoms with Gasteiger partial charge in [0.05, 0.1) is 6.10 Å². The lowest BCUT2D eigenvalue weighted by atomic mass is 10.2. The van der Waals surface area contributed by atoms with Gasteiger partial charge >= 0.3 is 0 Å². The molecule has 3 heteroatoms. The Morgan fingerprint density at radius 2 is 2.17 bits per heavy atom. The van der Waals surface area contributed by atoms with Gasteiger partial charge in [-0.3, -0.25) is 0 Å². The van der Waals surface area contributed by atoms with Crippen LogP contribution in [0.25, 0.3) is 0 Å². The van der Waals surface area contributed by atoms with Crippen LogP contribution in [-0.4, -0.2) is 27.4 Å². The van der Waals surface area contributed by atoms with E-state index in [1.54, 1.807) is 0 Å². The molecular formula is C3H6INO. The van der Waals surface area contributed by atoms with E-state index in [1.165, 1.54) is 0 Å². The van der Waals surface area contributed by atoms with Gasteiger partial charge in [0, 0.05) is 36.0 Å². The quantitative estimate of drug-likeness (QED) is 0.438. The van der Waals surface area contributed by atoms with Crippen molar-refractivity contribution < 1.29 is 5.11 Å². The molecule has 0 saturated carbocycles. The van der Waals surface area contributed by atoms with E-state index >= 15 is 0 Å². The van der Waals surface area contributed by atoms with Gasteiger partial charge in [0.2, 0.25) is 0 Å². The third-order valence-corrected chi connectivity index (χ3v) is 1.61. The number of halogens is 1. The van der Waals surface area contributed by atoms with Crippen LogP contribution in [0, 0.1) is 0 Å². The number of nitrogens with zero attached hydrogens (tertiary/aromatic N) is 1. The Kier molecular flexibility index (Phi) is 1.31. The highest BCUT2D eigenvalue weighted by Crippen LogP contribution is 2.11. The molecule has 1 heterocycles. The molecule has 1 rings (SSSR count). The molecule has 0 aromatic heterocycles. The van der Waals surface area contributed by atoms with Crippen molar-refractivity contribution in [2.45, 2.75) is 6.10 Å². The highest BCUT2D eigenvalue weighted by Gasteiger charge is 2.20. The minimum Gasteiger partial charge on any atom is -0.390 e. The molecule has 1 N–H and O–H groups in total. The van der Waals surface area contributed by atoms with E-state index in [9.17, 15) is 0 Å². The molecule has 0 atom stereocenters. The number of rotatable bonds is 0. The molecule has 1 fully saturated rings. The molecule has 1 saturated heterocycles. The summed E-state index contributed by atoms with van der Waals surface area (Å²) in [4.78, 5) is 0. The minimum atomic E-state index is -0.0399. The van der Waals surface area contributed by atoms with Crippen LogP contribution < -0.4 is 0 Å². The van der Waals surface area contributed by atoms with Crippen molar-refractivity contribution >= 4 is 22.9 Å². The number of hydrogen-bond donors (Lipinski definition) is 1. The van der Waals surface area contributed by atoms with Crippen molar-refractivity contribution in [2.24, 2.45) is 0 Å². The van der Waals surface area contributed by atoms with Crippen LogP contribution in [0.2, 0.25) is 0 Å². The minimum absolute atomic E-state index is 0.0399. The van der Waals surface area contributed by atoms with E-state index in [2.05, 4.69) is 22.9 Å². The topological polar surface area (TPSA) is 23.5 Å². The fourth-order valence-electron chi connectivity index (χ4n) is 0.404. The molecule has 0 aliphatic carbocycles. The average Bonchev–Trinajstić information content (AvgIpc) is 1.33. The van der Waals surface area contributed by atoms with Crippen LogP contribution in [-0.2, 0) is 0 Å². The molecule has 2 nitrogen and oxygen atoms in total. The molecule has 0 radical (unpaired) electrons. The molecule has 0 aromatic carbocycles. The van der Waals surface area contributed by atoms with E-state index in [0.29, 0.717) is 0 Å². The van der Waals surface area contributed by atoms with Crippen molar-refractivity contribution in [3.05, 3.63) is 0 Å². The van der Waals surface area contributed by atoms with Gasteiger partial charge in [-0.25, -0.2) is 3.11 Å². The maximum absolute atomic E-state index is 8.57. The molecule has 0 bridgehead atoms. The Hall–Kier alpha value is 0.650. The predicted molar refractivity (Wildman–Crippen MR) is 31.6 cm³/mol. The van der Waals surface area contributed by atoms with Gasteiger partial charge in [0.1, 0.15) is 0 Å². The summed E-state index contributed by atoms with van der Waals surface area (Å²) in [5, 5.41) is 8.57. The third-order valence-electron chi connectivity index (χ3n) is 0.818. The van der Waals surface area contributed by atoms with E-state index in [4.69, 9.17) is 5.11 Å². The molecule has 1 aliphatic heterocycles. The first-order valence-corrected chi connectivity index (χ1v) is 2.84. The van der Waals surface area contributed by atoms with E-state index in [1.807, 2.05) is 3.11 Å². The summed E-state index contributed by atoms with van der Waals surface area (Å²) in [5.41, 5.74) is 0. The summed E-state index contributed by atoms with van der Waals surface area (Å²) < 4.78 is 2.04. The summed E-state index contributed by atoms with van der Waals surface area (Å²) >= 11 is 2.18. The zero-order valence-electron chi connectivity index (χ0n) is 3.26. The fraction of sp³-hybridized carbons (Fsp3) is 1.00. The average molecular weight is 199 g/mol. The maximum Gasteiger partial charge on any atom is 0.0810 e. The second-order valence-corrected chi connectivity index (χ2v) is 2.85. The van der Waals surface area contributed by atoms with Crippen LogP contribution >= 0.6 is 22.9 Å². The smallest absolute Gasteiger partial charge is 0.0810 e. The highest BCUT2D eigenvalue weighted by atomic mass is 127. The van der Waals surface area contributed by atoms with Crippen LogP contribution in [0.4, 0.5) is 0 Å². The fourth-order valence-corrected chi connectivity index (χ4v) is 1.31. The summed E-state index contributed by atoms with van der Waals surface area (Å²) in [5.74, 6) is 0. The molecule has 0 aromatic rings. The Morgan fingerprint density at radius 3 is 2.17 bits per heavy atom. The molecular weight excluding hydrogens is 193 g/mol. The monoisotopic (exact) mass is 199 g/mol. The normalized spacial score (nSPS) is 27.0. The second kappa shape index (κ2) is 1.63. The number of hydrogen-bond acceptors (Lipinski definition) is 2. The van der Waals surface area contributed by atoms with E-state index < -0.39 is 0 Å². The van der Waals surface area contributed by atoms with E-state index in [-0.39, 0.29) is 6.10 Å². The summed E-state index contributed by atoms with van der Waals surface area (Å²) in [6.45, 7) is 1.70. The van der Waals surface area contributed by atoms with Gasteiger partial charge in [0.25, 0.3) is 0 Å². The first-order valence-electron chi connectivity index (χ1n) is 1.88. The van der Waals surface area contributed by atoms with Gasteiger partial charge in [-0.1, -0.05) is 0 Å². The highest BCUT2D eigenvalue weighted by molar-refractivity contribution is 14.1. The van der Waals surface area contributed by atoms with Crippen molar-refractivity contribution in [3.63, 3.8) is 0 Å². The Morgan fingerprint density at radius 1 is 1.67 bits per heavy atom. The zero-order chi connectivity index (χ0) is 4.57. The summed E-state index contributed by atoms with van der Waals surface area (Å²) in [6, 6.07) is 0. The van der Waals surface area contributed by atoms with Gasteiger partial charge in [0.15, 0.2) is 0 Å². The van der Waals surface area contributed by atoms with Gasteiger partial charge in [-0.15, -0.1) is 0 Å². The van der Waals surface area contributed by atoms with Gasteiger partial charge < -0.3 is 5.11 Å². The molecule has 36 valence electrons. The first kappa shape index (κ1) is 4.80. The van der Waals surface area contributed by atoms with Crippen LogP contribution in [0.3, 0.4) is 0 Å². The molecule has 1 aliphatic rings. The second-order valence-electron chi connectivity index (χ2n) is 1.48. The number of aliphatic hydroxyl groups is 1. The lowest BCUT2D eigenvalue weighted by Gasteiger charge is -2.29. The lowest BCUT2D eigenvalue weighted by Crippen LogP contribution is -2.44. The molecule has 0 unspecified atom stereocenters. The van der Waals surface area contributed by atoms with Gasteiger partial charge in [-0.2, -0.15) is 0 Å². The van der Waals surface area contributed by atoms with Crippen molar-refractivity contribution in [3.8, 4) is 0 Å². The molecule has 0 amide bonds. The van der Waals surface area contributed by atoms with Crippen LogP contribution in [0.1, 0.15) is 0 Å². The predicted octanol–water partition coefficient (Wildman–Crippen LogP) is 0.0129. The summed E-state index contributed by atoms with van der Waals surface area (Å²) in [6.07, 6.45) is -0.0399. The van der Waals surface area contributed by atoms with Crippen molar-refractivity contribution in [2.75, 3.05) is 13.1 Å². The van der Waals surface area contributed by atoms with E-state index in [0.717, 1.165) is 13.1 Å². The van der Waals surface area contributed by atoms with Crippen LogP contribution in [0.15, 0.2) is 0 Å². The Balaban J connectivity index is 2.11. The third kappa shape index (κ3) is 0.828. The maximum atomic E-state index is 8.57. The summed E-state index contributed by atoms with van der Waals surface area (Å²) in [7, 11) is 0. The SMILES string of the molecule is OC1CN(I)C1. The van der Waals surface area contributed by atoms with Crippen molar-refractivity contribution in [1.82, 2.24) is 3.11 Å². The Bertz CT molecular complexity index is 46.8. The Labute approximate surface area is 50.6 Å². The number of aliphatic hydroxyl groups excluding tert-OH is 1. The number of β-amino-alcohol motifs (C(OH)–C–C–N with tert-alkyl or cyclic N) is 1. The van der Waals surface area contributed by atoms with Crippen LogP contribution in [0.5, 0.6) is 0 Å². The van der Waals surface area contributed by atoms with Crippen molar-refractivity contribution in [1.29, 1.82) is 0 Å². The first-order chi connectivity index (χ1) is 2.79. The molecule has 0 spiro atoms. The van der Waals surface area contributed by atoms with Gasteiger partial charge in [-0.05, 0) is 0 Å². The zero-order valence-corrected chi connectivity index (χ0v) is 5.42. The lowest BCUT2D eigenvalue weighted by molar-refractivity contribution is 0.0722. The largest absolute Gasteiger partial charge is 0.390 e. The molecule has 6 heavy (non-hydrogen) atoms. The standard InChI is InChI=1S/C3H6INO/c4-5-1-3(6)2-5/h3,6H,1-2H2.